The van der Waals surface area contributed by atoms with Gasteiger partial charge < -0.3 is 9.47 Å². The molecule has 0 spiro atoms. The molecule has 0 radical (unpaired) electrons. The molecule has 3 amide bonds. The number of hydroxylamine groups is 2. The fourth-order valence-electron chi connectivity index (χ4n) is 5.22. The van der Waals surface area contributed by atoms with Gasteiger partial charge in [0, 0.05) is 12.7 Å². The minimum atomic E-state index is -5.24. The van der Waals surface area contributed by atoms with E-state index in [4.69, 9.17) is 14.3 Å². The Labute approximate surface area is 228 Å². The molecule has 2 saturated heterocycles. The number of rotatable bonds is 7. The summed E-state index contributed by atoms with van der Waals surface area (Å²) in [5.74, 6) is -5.59. The van der Waals surface area contributed by atoms with E-state index in [0.29, 0.717) is 5.06 Å². The Bertz CT molecular complexity index is 1270. The number of carbonyl (C=O) groups excluding carboxylic acids is 4. The van der Waals surface area contributed by atoms with Crippen LogP contribution in [0.1, 0.15) is 37.9 Å². The van der Waals surface area contributed by atoms with Gasteiger partial charge >= 0.3 is 12.3 Å². The zero-order valence-corrected chi connectivity index (χ0v) is 22.3. The number of Topliss-reactive ketones (excluding diaryl/α,β-unsaturated/α-hetero) is 1. The molecule has 2 aromatic rings. The molecule has 2 aromatic carbocycles. The van der Waals surface area contributed by atoms with Crippen molar-refractivity contribution in [1.82, 2.24) is 9.96 Å². The molecule has 2 aliphatic heterocycles. The smallest absolute Gasteiger partial charge is 0.431 e. The molecule has 0 saturated carbocycles. The van der Waals surface area contributed by atoms with Crippen LogP contribution in [0.15, 0.2) is 60.7 Å². The van der Waals surface area contributed by atoms with Crippen LogP contribution in [0.2, 0.25) is 0 Å². The number of cyclic esters (lactones) is 1. The highest BCUT2D eigenvalue weighted by molar-refractivity contribution is 6.39. The van der Waals surface area contributed by atoms with E-state index in [1.54, 1.807) is 32.0 Å². The zero-order valence-electron chi connectivity index (χ0n) is 22.3. The maximum atomic E-state index is 14.7. The molecule has 4 rings (SSSR count). The fourth-order valence-corrected chi connectivity index (χ4v) is 5.22. The van der Waals surface area contributed by atoms with Crippen molar-refractivity contribution in [3.63, 3.8) is 0 Å². The predicted octanol–water partition coefficient (Wildman–Crippen LogP) is 4.18. The Morgan fingerprint density at radius 3 is 2.10 bits per heavy atom. The Morgan fingerprint density at radius 2 is 1.57 bits per heavy atom. The van der Waals surface area contributed by atoms with Gasteiger partial charge in [-0.25, -0.2) is 14.8 Å². The second-order valence-electron chi connectivity index (χ2n) is 10.00. The normalized spacial score (nSPS) is 24.6. The molecule has 0 unspecified atom stereocenters. The molecule has 0 aromatic heterocycles. The van der Waals surface area contributed by atoms with Crippen LogP contribution in [-0.2, 0) is 34.3 Å². The molecule has 9 nitrogen and oxygen atoms in total. The third kappa shape index (κ3) is 4.75. The van der Waals surface area contributed by atoms with E-state index in [2.05, 4.69) is 0 Å². The summed E-state index contributed by atoms with van der Waals surface area (Å²) >= 11 is 0. The van der Waals surface area contributed by atoms with Gasteiger partial charge in [-0.05, 0) is 18.4 Å². The number of halogens is 3. The van der Waals surface area contributed by atoms with E-state index >= 15 is 0 Å². The van der Waals surface area contributed by atoms with Crippen molar-refractivity contribution in [1.29, 1.82) is 0 Å². The highest BCUT2D eigenvalue weighted by Crippen LogP contribution is 2.48. The van der Waals surface area contributed by atoms with Crippen molar-refractivity contribution in [2.75, 3.05) is 13.7 Å². The molecule has 2 aliphatic rings. The average molecular weight is 563 g/mol. The predicted molar refractivity (Wildman–Crippen MR) is 133 cm³/mol. The highest BCUT2D eigenvalue weighted by Gasteiger charge is 2.67. The molecule has 2 fully saturated rings. The van der Waals surface area contributed by atoms with Crippen molar-refractivity contribution in [3.8, 4) is 0 Å². The quantitative estimate of drug-likeness (QED) is 0.467. The van der Waals surface area contributed by atoms with Crippen LogP contribution in [0.5, 0.6) is 0 Å². The number of amides is 3. The van der Waals surface area contributed by atoms with Gasteiger partial charge in [0.15, 0.2) is 0 Å². The fraction of sp³-hybridized carbons (Fsp3) is 0.429. The molecule has 2 heterocycles. The molecule has 40 heavy (non-hydrogen) atoms. The average Bonchev–Trinajstić information content (AvgIpc) is 3.48. The lowest BCUT2D eigenvalue weighted by molar-refractivity contribution is -0.285. The van der Waals surface area contributed by atoms with Gasteiger partial charge in [0.1, 0.15) is 6.61 Å². The summed E-state index contributed by atoms with van der Waals surface area (Å²) in [5.41, 5.74) is -3.73. The molecule has 214 valence electrons. The minimum absolute atomic E-state index is 0.0992. The van der Waals surface area contributed by atoms with Crippen LogP contribution >= 0.6 is 0 Å². The topological polar surface area (TPSA) is 102 Å². The van der Waals surface area contributed by atoms with E-state index in [-0.39, 0.29) is 18.1 Å². The van der Waals surface area contributed by atoms with Crippen molar-refractivity contribution < 1.29 is 46.7 Å². The summed E-state index contributed by atoms with van der Waals surface area (Å²) in [6, 6.07) is 12.0. The summed E-state index contributed by atoms with van der Waals surface area (Å²) in [5, 5.41) is 0.474. The number of benzene rings is 2. The first kappa shape index (κ1) is 29.2. The Kier molecular flexibility index (Phi) is 8.04. The van der Waals surface area contributed by atoms with E-state index in [1.165, 1.54) is 37.3 Å². The Hall–Kier alpha value is -3.77. The molecule has 0 aliphatic carbocycles. The third-order valence-corrected chi connectivity index (χ3v) is 7.31. The van der Waals surface area contributed by atoms with E-state index in [9.17, 15) is 32.3 Å². The number of imide groups is 1. The number of nitrogens with zero attached hydrogens (tertiary/aromatic N) is 2. The van der Waals surface area contributed by atoms with Gasteiger partial charge in [0.25, 0.3) is 17.4 Å². The van der Waals surface area contributed by atoms with Gasteiger partial charge in [-0.1, -0.05) is 74.5 Å². The molecule has 0 bridgehead atoms. The minimum Gasteiger partial charge on any atom is -0.447 e. The number of ketones is 1. The number of carbonyl (C=O) groups is 4. The third-order valence-electron chi connectivity index (χ3n) is 7.31. The number of ether oxygens (including phenoxy) is 2. The molecule has 0 N–H and O–H groups in total. The largest absolute Gasteiger partial charge is 0.447 e. The van der Waals surface area contributed by atoms with Crippen molar-refractivity contribution in [2.45, 2.75) is 50.7 Å². The summed E-state index contributed by atoms with van der Waals surface area (Å²) < 4.78 is 54.1. The van der Waals surface area contributed by atoms with E-state index < -0.39 is 65.1 Å². The first-order chi connectivity index (χ1) is 18.9. The lowest BCUT2D eigenvalue weighted by atomic mass is 9.84. The summed E-state index contributed by atoms with van der Waals surface area (Å²) in [4.78, 5) is 59.8. The molecule has 5 atom stereocenters. The van der Waals surface area contributed by atoms with Gasteiger partial charge in [-0.15, -0.1) is 0 Å². The molecular formula is C28H29F3N2O7. The van der Waals surface area contributed by atoms with Gasteiger partial charge in [0.2, 0.25) is 5.78 Å². The standard InChI is InChI=1S/C28H29F3N2O7/c1-16(2)20-15-39-26(37)32(20)24(35)23(34)21-17(3)40-33(22(21)18-11-7-5-8-12-18)25(36)27(38-4,28(29,30)31)19-13-9-6-10-14-19/h5-14,16-17,20-22H,15H2,1-4H3/t17-,20-,21-,22-,27+/m1/s1. The molecule has 12 heteroatoms. The van der Waals surface area contributed by atoms with Crippen LogP contribution in [-0.4, -0.2) is 65.7 Å². The highest BCUT2D eigenvalue weighted by atomic mass is 19.4. The van der Waals surface area contributed by atoms with Crippen LogP contribution < -0.4 is 0 Å². The van der Waals surface area contributed by atoms with Gasteiger partial charge in [-0.2, -0.15) is 13.2 Å². The van der Waals surface area contributed by atoms with Crippen molar-refractivity contribution in [2.24, 2.45) is 11.8 Å². The number of hydrogen-bond donors (Lipinski definition) is 0. The lowest BCUT2D eigenvalue weighted by Crippen LogP contribution is -2.56. The SMILES string of the molecule is CO[C@](C(=O)N1O[C@H](C)[C@@H](C(=O)C(=O)N2C(=O)OC[C@@H]2C(C)C)[C@H]1c1ccccc1)(c1ccccc1)C(F)(F)F. The van der Waals surface area contributed by atoms with E-state index in [0.717, 1.165) is 24.1 Å². The summed E-state index contributed by atoms with van der Waals surface area (Å²) in [7, 11) is 0.757. The maximum Gasteiger partial charge on any atom is 0.431 e. The van der Waals surface area contributed by atoms with Crippen molar-refractivity contribution >= 4 is 23.7 Å². The van der Waals surface area contributed by atoms with Crippen LogP contribution in [0, 0.1) is 11.8 Å². The van der Waals surface area contributed by atoms with Crippen molar-refractivity contribution in [3.05, 3.63) is 71.8 Å². The molecular weight excluding hydrogens is 533 g/mol. The number of hydrogen-bond acceptors (Lipinski definition) is 7. The number of methoxy groups -OCH3 is 1. The van der Waals surface area contributed by atoms with Gasteiger partial charge in [0.05, 0.1) is 24.1 Å². The zero-order chi connectivity index (χ0) is 29.4. The van der Waals surface area contributed by atoms with Gasteiger partial charge in [-0.3, -0.25) is 19.2 Å². The summed E-state index contributed by atoms with van der Waals surface area (Å²) in [6.07, 6.45) is -7.46. The van der Waals surface area contributed by atoms with Crippen LogP contribution in [0.25, 0.3) is 0 Å². The lowest BCUT2D eigenvalue weighted by Gasteiger charge is -2.37. The monoisotopic (exact) mass is 562 g/mol. The number of alkyl halides is 3. The van der Waals surface area contributed by atoms with E-state index in [1.807, 2.05) is 0 Å². The Morgan fingerprint density at radius 1 is 1.00 bits per heavy atom. The Balaban J connectivity index is 1.81. The van der Waals surface area contributed by atoms with Crippen LogP contribution in [0.4, 0.5) is 18.0 Å². The first-order valence-corrected chi connectivity index (χ1v) is 12.6. The second-order valence-corrected chi connectivity index (χ2v) is 10.00. The maximum absolute atomic E-state index is 14.7. The second kappa shape index (κ2) is 11.0. The first-order valence-electron chi connectivity index (χ1n) is 12.6. The summed E-state index contributed by atoms with van der Waals surface area (Å²) in [6.45, 7) is 4.76. The van der Waals surface area contributed by atoms with Crippen LogP contribution in [0.3, 0.4) is 0 Å².